The highest BCUT2D eigenvalue weighted by atomic mass is 32.1. The number of thiophene rings is 4. The van der Waals surface area contributed by atoms with Crippen LogP contribution < -0.4 is 16.6 Å². The molecule has 9 aromatic rings. The number of rotatable bonds is 2. The quantitative estimate of drug-likeness (QED) is 0.0520. The Bertz CT molecular complexity index is 4080. The zero-order valence-corrected chi connectivity index (χ0v) is 57.4. The summed E-state index contributed by atoms with van der Waals surface area (Å²) in [5, 5.41) is 24.5. The van der Waals surface area contributed by atoms with E-state index in [0.717, 1.165) is 40.7 Å². The number of carbonyl (C=O) groups is 2. The standard InChI is InChI=1S/C13H13NS.C13H12NS.2C13H13NS.C8H8N2S.C5H10O.C2H4O2.2CH4.2H3P/c2*1-8-13(2,3)10-7-12-9(4-5-15-12)6-11(10)14-8;2*1-8-13(2,3)12-9-6-7-15-11(9)5-4-10(12)14-8;9-10-7-1-2-8-6(5-7)3-4-11-8;1-4(2)5(3)6;1-2(3)4;;;;/h4-7H,1-3H3;4-7H,1H2,2-3H3;2*4-7H,1-3H3;1-5,10H,9H2;4H,1-3H3;1H3,(H,3,4);2*1H4;2*1H3/q;+1;;;;;;;;;. The summed E-state index contributed by atoms with van der Waals surface area (Å²) in [6, 6.07) is 32.3. The van der Waals surface area contributed by atoms with Crippen LogP contribution in [0.4, 0.5) is 22.7 Å². The molecule has 5 aliphatic rings. The number of aliphatic carboxylic acids is 1. The van der Waals surface area contributed by atoms with Gasteiger partial charge in [0.1, 0.15) is 5.78 Å². The molecule has 14 rings (SSSR count). The topological polar surface area (TPSA) is 142 Å². The summed E-state index contributed by atoms with van der Waals surface area (Å²) in [5.74, 6) is 4.90. The Morgan fingerprint density at radius 1 is 0.576 bits per heavy atom. The Balaban J connectivity index is 0.000000217. The van der Waals surface area contributed by atoms with E-state index in [9.17, 15) is 4.79 Å². The molecular formula is C69H87N6O3P2S5+. The number of nitrogens with zero attached hydrogens (tertiary/aromatic N) is 4. The Hall–Kier alpha value is -5.79. The van der Waals surface area contributed by atoms with Crippen LogP contribution in [-0.4, -0.2) is 34.0 Å². The number of benzene rings is 5. The molecular weight excluding hydrogens is 1180 g/mol. The molecule has 0 saturated heterocycles. The molecule has 0 bridgehead atoms. The summed E-state index contributed by atoms with van der Waals surface area (Å²) in [4.78, 5) is 37.7. The lowest BCUT2D eigenvalue weighted by Gasteiger charge is -2.20. The van der Waals surface area contributed by atoms with E-state index < -0.39 is 5.97 Å². The van der Waals surface area contributed by atoms with Crippen LogP contribution in [0, 0.1) is 10.4 Å². The van der Waals surface area contributed by atoms with E-state index >= 15 is 0 Å². The maximum absolute atomic E-state index is 10.1. The zero-order valence-electron chi connectivity index (χ0n) is 50.5. The molecule has 4 N–H and O–H groups in total. The predicted octanol–water partition coefficient (Wildman–Crippen LogP) is 20.2. The van der Waals surface area contributed by atoms with Crippen molar-refractivity contribution in [3.05, 3.63) is 168 Å². The number of carboxylic acids is 1. The van der Waals surface area contributed by atoms with Gasteiger partial charge in [-0.2, -0.15) is 19.8 Å². The minimum atomic E-state index is -0.833. The second-order valence-corrected chi connectivity index (χ2v) is 27.7. The molecule has 5 aromatic carbocycles. The van der Waals surface area contributed by atoms with Crippen molar-refractivity contribution in [2.24, 2.45) is 31.7 Å². The van der Waals surface area contributed by atoms with Crippen LogP contribution in [0.1, 0.15) is 147 Å². The first kappa shape index (κ1) is 71.7. The molecule has 0 radical (unpaired) electrons. The van der Waals surface area contributed by atoms with Crippen molar-refractivity contribution < 1.29 is 14.7 Å². The number of fused-ring (bicyclic) bond motifs is 11. The second kappa shape index (κ2) is 28.8. The number of hydrazine groups is 1. The molecule has 4 aromatic heterocycles. The highest BCUT2D eigenvalue weighted by Gasteiger charge is 2.36. The van der Waals surface area contributed by atoms with Gasteiger partial charge in [0.2, 0.25) is 15.9 Å². The monoisotopic (exact) mass is 1270 g/mol. The number of hydrogen-bond acceptors (Lipinski definition) is 12. The van der Waals surface area contributed by atoms with E-state index in [1.54, 1.807) is 63.6 Å². The molecule has 0 saturated carbocycles. The molecule has 16 heteroatoms. The van der Waals surface area contributed by atoms with Crippen molar-refractivity contribution >= 4 is 175 Å². The van der Waals surface area contributed by atoms with Crippen LogP contribution in [-0.2, 0) is 42.6 Å². The van der Waals surface area contributed by atoms with E-state index in [2.05, 4.69) is 220 Å². The number of aliphatic imine (C=N–C) groups is 3. The van der Waals surface area contributed by atoms with Crippen molar-refractivity contribution in [3.8, 4) is 0 Å². The van der Waals surface area contributed by atoms with E-state index in [-0.39, 0.29) is 68.0 Å². The maximum atomic E-state index is 10.1. The molecule has 450 valence electrons. The van der Waals surface area contributed by atoms with Crippen LogP contribution in [0.3, 0.4) is 0 Å². The summed E-state index contributed by atoms with van der Waals surface area (Å²) in [5.41, 5.74) is 18.7. The molecule has 2 atom stereocenters. The molecule has 0 amide bonds. The lowest BCUT2D eigenvalue weighted by Crippen LogP contribution is -2.22. The number of Topliss-reactive ketones (excluding diaryl/α,β-unsaturated/α-hetero) is 1. The van der Waals surface area contributed by atoms with Gasteiger partial charge in [0.25, 0.3) is 5.97 Å². The first-order chi connectivity index (χ1) is 38.2. The van der Waals surface area contributed by atoms with Gasteiger partial charge in [0.15, 0.2) is 5.41 Å². The van der Waals surface area contributed by atoms with Crippen LogP contribution >= 0.6 is 65.1 Å². The minimum Gasteiger partial charge on any atom is -0.481 e. The molecule has 5 aliphatic heterocycles. The fourth-order valence-electron chi connectivity index (χ4n) is 9.76. The average Bonchev–Trinajstić information content (AvgIpc) is 1.76. The van der Waals surface area contributed by atoms with Gasteiger partial charge in [-0.3, -0.25) is 35.4 Å². The van der Waals surface area contributed by atoms with Gasteiger partial charge < -0.3 is 10.5 Å². The highest BCUT2D eigenvalue weighted by Crippen LogP contribution is 2.47. The number of hydrogen-bond donors (Lipinski definition) is 3. The van der Waals surface area contributed by atoms with Gasteiger partial charge in [-0.1, -0.05) is 90.7 Å². The Morgan fingerprint density at radius 3 is 1.53 bits per heavy atom. The van der Waals surface area contributed by atoms with E-state index in [4.69, 9.17) is 15.7 Å². The SMILES string of the molecule is C.C.C=C1N=c2cc3c(cc2C1(C)C)=[S+]C=C3.CC(=O)C(C)C.CC(=O)O.CC1=Nc2cc3ccsc3cc2C1(C)C.CC1=Nc2ccc3sccc3c2C1(C)C.CC1=Nc2ccc3sccc3c2C1(C)C.NNc1ccc2sccc2c1.P.P. The third-order valence-corrected chi connectivity index (χ3v) is 20.4. The number of carbonyl (C=O) groups excluding carboxylic acids is 1. The second-order valence-electron chi connectivity index (χ2n) is 23.0. The van der Waals surface area contributed by atoms with Gasteiger partial charge in [-0.05, 0) is 178 Å². The smallest absolute Gasteiger partial charge is 0.300 e. The molecule has 9 nitrogen and oxygen atoms in total. The van der Waals surface area contributed by atoms with Crippen molar-refractivity contribution in [2.75, 3.05) is 5.43 Å². The van der Waals surface area contributed by atoms with Crippen molar-refractivity contribution in [2.45, 2.75) is 140 Å². The van der Waals surface area contributed by atoms with Gasteiger partial charge in [-0.25, -0.2) is 0 Å². The Labute approximate surface area is 530 Å². The fraction of sp³-hybridized carbons (Fsp3) is 0.319. The number of carboxylic acid groups (broad SMARTS) is 1. The average molecular weight is 1270 g/mol. The van der Waals surface area contributed by atoms with Gasteiger partial charge in [0.05, 0.1) is 22.4 Å². The van der Waals surface area contributed by atoms with Crippen LogP contribution in [0.2, 0.25) is 0 Å². The normalized spacial score (nSPS) is 15.2. The van der Waals surface area contributed by atoms with Gasteiger partial charge >= 0.3 is 0 Å². The molecule has 85 heavy (non-hydrogen) atoms. The Morgan fingerprint density at radius 2 is 1.02 bits per heavy atom. The summed E-state index contributed by atoms with van der Waals surface area (Å²) in [6.45, 7) is 34.8. The zero-order chi connectivity index (χ0) is 58.9. The highest BCUT2D eigenvalue weighted by molar-refractivity contribution is 7.74. The van der Waals surface area contributed by atoms with E-state index in [0.29, 0.717) is 0 Å². The lowest BCUT2D eigenvalue weighted by molar-refractivity contribution is -0.134. The molecule has 0 aliphatic carbocycles. The van der Waals surface area contributed by atoms with Crippen molar-refractivity contribution in [1.29, 1.82) is 0 Å². The number of nitrogen functional groups attached to an aromatic ring is 1. The summed E-state index contributed by atoms with van der Waals surface area (Å²) < 4.78 is 6.74. The molecule has 2 unspecified atom stereocenters. The number of ketones is 1. The third kappa shape index (κ3) is 15.1. The number of nitrogens with two attached hydrogens (primary N) is 1. The first-order valence-electron chi connectivity index (χ1n) is 26.9. The van der Waals surface area contributed by atoms with E-state index in [1.165, 1.54) is 89.8 Å². The summed E-state index contributed by atoms with van der Waals surface area (Å²) in [7, 11) is 0. The van der Waals surface area contributed by atoms with Crippen molar-refractivity contribution in [1.82, 2.24) is 0 Å². The first-order valence-corrected chi connectivity index (χ1v) is 31.3. The Kier molecular flexibility index (Phi) is 24.3. The minimum absolute atomic E-state index is 0. The fourth-order valence-corrected chi connectivity index (χ4v) is 13.7. The number of anilines is 1. The summed E-state index contributed by atoms with van der Waals surface area (Å²) >= 11 is 8.94. The van der Waals surface area contributed by atoms with Gasteiger partial charge in [-0.15, -0.1) is 45.3 Å². The van der Waals surface area contributed by atoms with Crippen molar-refractivity contribution in [3.63, 3.8) is 0 Å². The molecule has 9 heterocycles. The van der Waals surface area contributed by atoms with Crippen LogP contribution in [0.5, 0.6) is 0 Å². The predicted molar refractivity (Wildman–Crippen MR) is 392 cm³/mol. The van der Waals surface area contributed by atoms with E-state index in [1.807, 2.05) is 26.0 Å². The summed E-state index contributed by atoms with van der Waals surface area (Å²) in [6.07, 6.45) is 2.14. The third-order valence-electron chi connectivity index (χ3n) is 16.0. The lowest BCUT2D eigenvalue weighted by atomic mass is 9.81. The largest absolute Gasteiger partial charge is 0.481 e. The van der Waals surface area contributed by atoms with Gasteiger partial charge in [0, 0.05) is 99.5 Å². The molecule has 0 fully saturated rings. The van der Waals surface area contributed by atoms with Crippen LogP contribution in [0.15, 0.2) is 150 Å². The maximum Gasteiger partial charge on any atom is 0.300 e. The number of nitrogens with one attached hydrogen (secondary N) is 1. The van der Waals surface area contributed by atoms with Crippen LogP contribution in [0.25, 0.3) is 46.4 Å². The number of allylic oxidation sites excluding steroid dienone is 1. The molecule has 0 spiro atoms.